The van der Waals surface area contributed by atoms with E-state index >= 15 is 0 Å². The second-order valence-electron chi connectivity index (χ2n) is 3.94. The van der Waals surface area contributed by atoms with Crippen molar-refractivity contribution in [2.24, 2.45) is 0 Å². The summed E-state index contributed by atoms with van der Waals surface area (Å²) < 4.78 is 1.92. The molecule has 3 nitrogen and oxygen atoms in total. The zero-order chi connectivity index (χ0) is 10.6. The first-order chi connectivity index (χ1) is 6.58. The summed E-state index contributed by atoms with van der Waals surface area (Å²) in [5, 5.41) is 7.64. The van der Waals surface area contributed by atoms with Gasteiger partial charge in [0.25, 0.3) is 0 Å². The molecule has 78 valence electrons. The average Bonchev–Trinajstić information content (AvgIpc) is 2.48. The van der Waals surface area contributed by atoms with Crippen molar-refractivity contribution >= 4 is 0 Å². The Balaban J connectivity index is 2.34. The summed E-state index contributed by atoms with van der Waals surface area (Å²) in [5.41, 5.74) is 2.21. The first kappa shape index (κ1) is 11.0. The van der Waals surface area contributed by atoms with Crippen LogP contribution in [0.3, 0.4) is 0 Å². The fraction of sp³-hybridized carbons (Fsp3) is 0.545. The van der Waals surface area contributed by atoms with Gasteiger partial charge in [0.15, 0.2) is 0 Å². The van der Waals surface area contributed by atoms with Crippen molar-refractivity contribution in [3.63, 3.8) is 0 Å². The van der Waals surface area contributed by atoms with Gasteiger partial charge in [-0.1, -0.05) is 20.4 Å². The molecule has 0 aliphatic rings. The minimum atomic E-state index is 0.506. The Kier molecular flexibility index (Phi) is 3.89. The normalized spacial score (nSPS) is 10.9. The number of nitrogens with zero attached hydrogens (tertiary/aromatic N) is 2. The van der Waals surface area contributed by atoms with E-state index < -0.39 is 0 Å². The molecule has 0 radical (unpaired) electrons. The Morgan fingerprint density at radius 1 is 1.64 bits per heavy atom. The quantitative estimate of drug-likeness (QED) is 0.722. The van der Waals surface area contributed by atoms with E-state index in [9.17, 15) is 0 Å². The van der Waals surface area contributed by atoms with E-state index in [2.05, 4.69) is 30.8 Å². The smallest absolute Gasteiger partial charge is 0.0629 e. The molecule has 0 atom stereocenters. The zero-order valence-corrected chi connectivity index (χ0v) is 9.25. The van der Waals surface area contributed by atoms with E-state index in [0.29, 0.717) is 6.04 Å². The molecule has 0 aromatic carbocycles. The van der Waals surface area contributed by atoms with Crippen LogP contribution in [0.2, 0.25) is 0 Å². The van der Waals surface area contributed by atoms with Crippen molar-refractivity contribution < 1.29 is 0 Å². The summed E-state index contributed by atoms with van der Waals surface area (Å²) in [6.45, 7) is 11.9. The molecule has 0 aliphatic carbocycles. The predicted molar refractivity (Wildman–Crippen MR) is 59.2 cm³/mol. The minimum Gasteiger partial charge on any atom is -0.311 e. The van der Waals surface area contributed by atoms with Gasteiger partial charge in [0.05, 0.1) is 12.2 Å². The number of hydrogen-bond donors (Lipinski definition) is 1. The Bertz CT molecular complexity index is 299. The van der Waals surface area contributed by atoms with Crippen molar-refractivity contribution in [2.75, 3.05) is 6.54 Å². The van der Waals surface area contributed by atoms with Crippen LogP contribution in [0, 0.1) is 6.92 Å². The van der Waals surface area contributed by atoms with Gasteiger partial charge in [-0.15, -0.1) is 0 Å². The van der Waals surface area contributed by atoms with Crippen molar-refractivity contribution in [1.82, 2.24) is 15.1 Å². The van der Waals surface area contributed by atoms with Crippen molar-refractivity contribution in [1.29, 1.82) is 0 Å². The van der Waals surface area contributed by atoms with Gasteiger partial charge >= 0.3 is 0 Å². The van der Waals surface area contributed by atoms with E-state index in [1.165, 1.54) is 0 Å². The Morgan fingerprint density at radius 3 is 2.86 bits per heavy atom. The highest BCUT2D eigenvalue weighted by molar-refractivity contribution is 5.01. The molecule has 14 heavy (non-hydrogen) atoms. The minimum absolute atomic E-state index is 0.506. The maximum atomic E-state index is 4.31. The van der Waals surface area contributed by atoms with E-state index in [4.69, 9.17) is 0 Å². The fourth-order valence-corrected chi connectivity index (χ4v) is 1.18. The van der Waals surface area contributed by atoms with Crippen LogP contribution in [-0.4, -0.2) is 22.4 Å². The molecule has 1 aromatic heterocycles. The summed E-state index contributed by atoms with van der Waals surface area (Å²) in [7, 11) is 0. The number of aryl methyl sites for hydroxylation is 1. The van der Waals surface area contributed by atoms with Crippen molar-refractivity contribution in [3.05, 3.63) is 30.1 Å². The monoisotopic (exact) mass is 193 g/mol. The van der Waals surface area contributed by atoms with Crippen LogP contribution in [-0.2, 0) is 6.54 Å². The predicted octanol–water partition coefficient (Wildman–Crippen LogP) is 1.75. The molecule has 0 amide bonds. The van der Waals surface area contributed by atoms with Crippen LogP contribution >= 0.6 is 0 Å². The van der Waals surface area contributed by atoms with Gasteiger partial charge in [0.1, 0.15) is 0 Å². The highest BCUT2D eigenvalue weighted by Gasteiger charge is 1.99. The van der Waals surface area contributed by atoms with Crippen molar-refractivity contribution in [2.45, 2.75) is 33.4 Å². The first-order valence-electron chi connectivity index (χ1n) is 4.98. The SMILES string of the molecule is C=C(CNC(C)C)Cn1ccc(C)n1. The fourth-order valence-electron chi connectivity index (χ4n) is 1.18. The largest absolute Gasteiger partial charge is 0.311 e. The molecule has 0 spiro atoms. The number of hydrogen-bond acceptors (Lipinski definition) is 2. The summed E-state index contributed by atoms with van der Waals surface area (Å²) in [4.78, 5) is 0. The molecule has 0 bridgehead atoms. The number of rotatable bonds is 5. The molecule has 0 aliphatic heterocycles. The number of nitrogens with one attached hydrogen (secondary N) is 1. The second-order valence-corrected chi connectivity index (χ2v) is 3.94. The van der Waals surface area contributed by atoms with Crippen LogP contribution in [0.25, 0.3) is 0 Å². The summed E-state index contributed by atoms with van der Waals surface area (Å²) in [6.07, 6.45) is 1.98. The molecule has 1 heterocycles. The zero-order valence-electron chi connectivity index (χ0n) is 9.25. The molecule has 1 N–H and O–H groups in total. The molecule has 3 heteroatoms. The van der Waals surface area contributed by atoms with E-state index in [0.717, 1.165) is 24.4 Å². The molecule has 0 unspecified atom stereocenters. The topological polar surface area (TPSA) is 29.9 Å². The third-order valence-corrected chi connectivity index (χ3v) is 1.92. The lowest BCUT2D eigenvalue weighted by Gasteiger charge is -2.10. The summed E-state index contributed by atoms with van der Waals surface area (Å²) in [5.74, 6) is 0. The summed E-state index contributed by atoms with van der Waals surface area (Å²) in [6, 6.07) is 2.51. The van der Waals surface area contributed by atoms with Gasteiger partial charge in [0, 0.05) is 18.8 Å². The highest BCUT2D eigenvalue weighted by Crippen LogP contribution is 1.98. The standard InChI is InChI=1S/C11H19N3/c1-9(2)12-7-10(3)8-14-6-5-11(4)13-14/h5-6,9,12H,3,7-8H2,1-2,4H3. The second kappa shape index (κ2) is 4.96. The summed E-state index contributed by atoms with van der Waals surface area (Å²) >= 11 is 0. The lowest BCUT2D eigenvalue weighted by Crippen LogP contribution is -2.25. The van der Waals surface area contributed by atoms with Crippen LogP contribution in [0.4, 0.5) is 0 Å². The molecular formula is C11H19N3. The highest BCUT2D eigenvalue weighted by atomic mass is 15.3. The first-order valence-corrected chi connectivity index (χ1v) is 4.98. The molecular weight excluding hydrogens is 174 g/mol. The lowest BCUT2D eigenvalue weighted by atomic mass is 10.3. The van der Waals surface area contributed by atoms with E-state index in [1.807, 2.05) is 23.9 Å². The van der Waals surface area contributed by atoms with E-state index in [1.54, 1.807) is 0 Å². The average molecular weight is 193 g/mol. The molecule has 0 saturated carbocycles. The van der Waals surface area contributed by atoms with E-state index in [-0.39, 0.29) is 0 Å². The molecule has 1 rings (SSSR count). The molecule has 1 aromatic rings. The molecule has 0 fully saturated rings. The molecule has 0 saturated heterocycles. The Morgan fingerprint density at radius 2 is 2.36 bits per heavy atom. The van der Waals surface area contributed by atoms with Gasteiger partial charge in [-0.25, -0.2) is 0 Å². The van der Waals surface area contributed by atoms with Crippen LogP contribution in [0.5, 0.6) is 0 Å². The maximum Gasteiger partial charge on any atom is 0.0629 e. The van der Waals surface area contributed by atoms with Crippen molar-refractivity contribution in [3.8, 4) is 0 Å². The van der Waals surface area contributed by atoms with Gasteiger partial charge in [-0.3, -0.25) is 4.68 Å². The van der Waals surface area contributed by atoms with Crippen LogP contribution < -0.4 is 5.32 Å². The van der Waals surface area contributed by atoms with Gasteiger partial charge in [-0.2, -0.15) is 5.10 Å². The van der Waals surface area contributed by atoms with Crippen LogP contribution in [0.15, 0.2) is 24.4 Å². The number of aromatic nitrogens is 2. The Hall–Kier alpha value is -1.09. The van der Waals surface area contributed by atoms with Gasteiger partial charge in [0.2, 0.25) is 0 Å². The lowest BCUT2D eigenvalue weighted by molar-refractivity contribution is 0.587. The van der Waals surface area contributed by atoms with Crippen LogP contribution in [0.1, 0.15) is 19.5 Å². The third-order valence-electron chi connectivity index (χ3n) is 1.92. The van der Waals surface area contributed by atoms with Gasteiger partial charge in [-0.05, 0) is 18.6 Å². The maximum absolute atomic E-state index is 4.31. The van der Waals surface area contributed by atoms with Gasteiger partial charge < -0.3 is 5.32 Å². The third kappa shape index (κ3) is 3.75. The Labute approximate surface area is 85.8 Å².